The molecule has 90 valence electrons. The highest BCUT2D eigenvalue weighted by Crippen LogP contribution is 2.19. The van der Waals surface area contributed by atoms with Crippen LogP contribution in [0.15, 0.2) is 0 Å². The lowest BCUT2D eigenvalue weighted by Gasteiger charge is -2.23. The van der Waals surface area contributed by atoms with Crippen molar-refractivity contribution in [2.45, 2.75) is 13.3 Å². The van der Waals surface area contributed by atoms with Gasteiger partial charge in [-0.1, -0.05) is 6.92 Å². The highest BCUT2D eigenvalue weighted by molar-refractivity contribution is 7.86. The number of hydrogen-bond acceptors (Lipinski definition) is 3. The van der Waals surface area contributed by atoms with Crippen molar-refractivity contribution >= 4 is 10.2 Å². The van der Waals surface area contributed by atoms with Crippen molar-refractivity contribution in [3.8, 4) is 0 Å². The molecule has 1 rings (SSSR count). The SMILES string of the molecule is CNCCN(C)S(=O)(=O)N1CCC(C)C1. The van der Waals surface area contributed by atoms with Crippen molar-refractivity contribution in [1.29, 1.82) is 0 Å². The van der Waals surface area contributed by atoms with Crippen molar-refractivity contribution in [2.75, 3.05) is 40.3 Å². The second-order valence-electron chi connectivity index (χ2n) is 4.18. The van der Waals surface area contributed by atoms with Crippen LogP contribution in [0, 0.1) is 5.92 Å². The minimum atomic E-state index is -3.22. The van der Waals surface area contributed by atoms with Gasteiger partial charge in [0.2, 0.25) is 0 Å². The molecular weight excluding hydrogens is 214 g/mol. The monoisotopic (exact) mass is 235 g/mol. The van der Waals surface area contributed by atoms with Crippen molar-refractivity contribution in [2.24, 2.45) is 5.92 Å². The predicted octanol–water partition coefficient (Wildman–Crippen LogP) is -0.276. The minimum Gasteiger partial charge on any atom is -0.318 e. The fourth-order valence-corrected chi connectivity index (χ4v) is 3.18. The first-order valence-electron chi connectivity index (χ1n) is 5.34. The zero-order valence-electron chi connectivity index (χ0n) is 9.73. The zero-order chi connectivity index (χ0) is 11.5. The van der Waals surface area contributed by atoms with E-state index in [1.54, 1.807) is 11.4 Å². The van der Waals surface area contributed by atoms with Gasteiger partial charge in [0.05, 0.1) is 0 Å². The van der Waals surface area contributed by atoms with Gasteiger partial charge in [-0.3, -0.25) is 0 Å². The maximum atomic E-state index is 12.0. The van der Waals surface area contributed by atoms with Crippen LogP contribution >= 0.6 is 0 Å². The van der Waals surface area contributed by atoms with Crippen LogP contribution in [0.3, 0.4) is 0 Å². The van der Waals surface area contributed by atoms with Gasteiger partial charge in [0.15, 0.2) is 0 Å². The molecule has 0 bridgehead atoms. The van der Waals surface area contributed by atoms with E-state index in [1.807, 2.05) is 7.05 Å². The van der Waals surface area contributed by atoms with E-state index in [4.69, 9.17) is 0 Å². The van der Waals surface area contributed by atoms with E-state index in [0.717, 1.165) is 6.42 Å². The molecule has 1 unspecified atom stereocenters. The predicted molar refractivity (Wildman–Crippen MR) is 60.8 cm³/mol. The highest BCUT2D eigenvalue weighted by atomic mass is 32.2. The van der Waals surface area contributed by atoms with E-state index >= 15 is 0 Å². The third kappa shape index (κ3) is 3.14. The van der Waals surface area contributed by atoms with E-state index in [-0.39, 0.29) is 0 Å². The molecule has 0 aromatic rings. The summed E-state index contributed by atoms with van der Waals surface area (Å²) in [6.45, 7) is 4.60. The number of likely N-dealkylation sites (N-methyl/N-ethyl adjacent to an activating group) is 2. The minimum absolute atomic E-state index is 0.484. The molecule has 0 aliphatic carbocycles. The maximum Gasteiger partial charge on any atom is 0.281 e. The molecule has 1 heterocycles. The van der Waals surface area contributed by atoms with Crippen LogP contribution in [0.25, 0.3) is 0 Å². The van der Waals surface area contributed by atoms with Crippen molar-refractivity contribution in [1.82, 2.24) is 13.9 Å². The molecule has 0 aromatic heterocycles. The molecule has 1 saturated heterocycles. The van der Waals surface area contributed by atoms with Gasteiger partial charge in [-0.25, -0.2) is 0 Å². The highest BCUT2D eigenvalue weighted by Gasteiger charge is 2.31. The van der Waals surface area contributed by atoms with E-state index < -0.39 is 10.2 Å². The van der Waals surface area contributed by atoms with Crippen LogP contribution < -0.4 is 5.32 Å². The van der Waals surface area contributed by atoms with Gasteiger partial charge in [0, 0.05) is 33.2 Å². The van der Waals surface area contributed by atoms with Crippen LogP contribution in [-0.4, -0.2) is 57.3 Å². The Hall–Kier alpha value is -0.170. The van der Waals surface area contributed by atoms with E-state index in [9.17, 15) is 8.42 Å². The number of rotatable bonds is 5. The summed E-state index contributed by atoms with van der Waals surface area (Å²) in [5, 5.41) is 2.95. The molecule has 0 aromatic carbocycles. The smallest absolute Gasteiger partial charge is 0.281 e. The van der Waals surface area contributed by atoms with E-state index in [2.05, 4.69) is 12.2 Å². The summed E-state index contributed by atoms with van der Waals surface area (Å²) >= 11 is 0. The number of nitrogens with one attached hydrogen (secondary N) is 1. The van der Waals surface area contributed by atoms with Crippen LogP contribution in [0.5, 0.6) is 0 Å². The van der Waals surface area contributed by atoms with Gasteiger partial charge in [0.1, 0.15) is 0 Å². The largest absolute Gasteiger partial charge is 0.318 e. The number of nitrogens with zero attached hydrogens (tertiary/aromatic N) is 2. The normalized spacial score (nSPS) is 23.9. The standard InChI is InChI=1S/C9H21N3O2S/c1-9-4-6-12(8-9)15(13,14)11(3)7-5-10-2/h9-10H,4-8H2,1-3H3. The molecule has 0 spiro atoms. The van der Waals surface area contributed by atoms with Crippen molar-refractivity contribution in [3.05, 3.63) is 0 Å². The first-order valence-corrected chi connectivity index (χ1v) is 6.74. The van der Waals surface area contributed by atoms with Crippen molar-refractivity contribution in [3.63, 3.8) is 0 Å². The first kappa shape index (κ1) is 12.9. The molecule has 6 heteroatoms. The molecular formula is C9H21N3O2S. The Morgan fingerprint density at radius 2 is 2.20 bits per heavy atom. The van der Waals surface area contributed by atoms with Gasteiger partial charge in [-0.15, -0.1) is 0 Å². The zero-order valence-corrected chi connectivity index (χ0v) is 10.5. The van der Waals surface area contributed by atoms with Gasteiger partial charge in [-0.05, 0) is 19.4 Å². The lowest BCUT2D eigenvalue weighted by molar-refractivity contribution is 0.388. The summed E-state index contributed by atoms with van der Waals surface area (Å²) in [5.41, 5.74) is 0. The molecule has 1 atom stereocenters. The topological polar surface area (TPSA) is 52.7 Å². The Labute approximate surface area is 92.6 Å². The summed E-state index contributed by atoms with van der Waals surface area (Å²) in [6, 6.07) is 0. The van der Waals surface area contributed by atoms with E-state index in [1.165, 1.54) is 4.31 Å². The Morgan fingerprint density at radius 1 is 1.53 bits per heavy atom. The second kappa shape index (κ2) is 5.25. The molecule has 1 aliphatic heterocycles. The van der Waals surface area contributed by atoms with Crippen molar-refractivity contribution < 1.29 is 8.42 Å². The van der Waals surface area contributed by atoms with Crippen LogP contribution in [0.4, 0.5) is 0 Å². The van der Waals surface area contributed by atoms with Gasteiger partial charge in [-0.2, -0.15) is 17.0 Å². The van der Waals surface area contributed by atoms with Gasteiger partial charge < -0.3 is 5.32 Å². The molecule has 1 fully saturated rings. The lowest BCUT2D eigenvalue weighted by atomic mass is 10.2. The van der Waals surface area contributed by atoms with Gasteiger partial charge in [0.25, 0.3) is 10.2 Å². The molecule has 15 heavy (non-hydrogen) atoms. The second-order valence-corrected chi connectivity index (χ2v) is 6.22. The number of hydrogen-bond donors (Lipinski definition) is 1. The Bertz CT molecular complexity index is 292. The summed E-state index contributed by atoms with van der Waals surface area (Å²) < 4.78 is 27.0. The molecule has 1 aliphatic rings. The molecule has 5 nitrogen and oxygen atoms in total. The molecule has 0 saturated carbocycles. The fraction of sp³-hybridized carbons (Fsp3) is 1.00. The average molecular weight is 235 g/mol. The quantitative estimate of drug-likeness (QED) is 0.713. The average Bonchev–Trinajstić information content (AvgIpc) is 2.61. The lowest BCUT2D eigenvalue weighted by Crippen LogP contribution is -2.42. The molecule has 0 radical (unpaired) electrons. The Morgan fingerprint density at radius 3 is 2.67 bits per heavy atom. The summed E-state index contributed by atoms with van der Waals surface area (Å²) in [6.07, 6.45) is 0.971. The third-order valence-corrected chi connectivity index (χ3v) is 4.74. The Kier molecular flexibility index (Phi) is 4.51. The molecule has 0 amide bonds. The first-order chi connectivity index (χ1) is 6.98. The third-order valence-electron chi connectivity index (χ3n) is 2.78. The van der Waals surface area contributed by atoms with Crippen LogP contribution in [0.2, 0.25) is 0 Å². The van der Waals surface area contributed by atoms with Crippen LogP contribution in [0.1, 0.15) is 13.3 Å². The fourth-order valence-electron chi connectivity index (χ4n) is 1.69. The molecule has 1 N–H and O–H groups in total. The van der Waals surface area contributed by atoms with Crippen LogP contribution in [-0.2, 0) is 10.2 Å². The summed E-state index contributed by atoms with van der Waals surface area (Å²) in [5.74, 6) is 0.484. The summed E-state index contributed by atoms with van der Waals surface area (Å²) in [4.78, 5) is 0. The summed E-state index contributed by atoms with van der Waals surface area (Å²) in [7, 11) is 0.235. The van der Waals surface area contributed by atoms with E-state index in [0.29, 0.717) is 32.1 Å². The Balaban J connectivity index is 2.57. The maximum absolute atomic E-state index is 12.0. The van der Waals surface area contributed by atoms with Gasteiger partial charge >= 0.3 is 0 Å².